The zero-order chi connectivity index (χ0) is 28.8. The largest absolute Gasteiger partial charge is 0.322 e. The number of nitrogens with zero attached hydrogens (tertiary/aromatic N) is 6. The monoisotopic (exact) mass is 548 g/mol. The predicted octanol–water partition coefficient (Wildman–Crippen LogP) is 4.45. The topological polar surface area (TPSA) is 91.2 Å². The molecule has 2 N–H and O–H groups in total. The molecule has 3 heterocycles. The van der Waals surface area contributed by atoms with E-state index in [9.17, 15) is 4.79 Å². The van der Waals surface area contributed by atoms with Crippen LogP contribution >= 0.6 is 0 Å². The maximum atomic E-state index is 13.0. The van der Waals surface area contributed by atoms with E-state index in [1.165, 1.54) is 5.56 Å². The number of likely N-dealkylation sites (N-methyl/N-ethyl adjacent to an activating group) is 1. The summed E-state index contributed by atoms with van der Waals surface area (Å²) in [6.45, 7) is 12.0. The summed E-state index contributed by atoms with van der Waals surface area (Å²) in [5, 5.41) is 10.6. The lowest BCUT2D eigenvalue weighted by Crippen LogP contribution is -2.43. The van der Waals surface area contributed by atoms with Gasteiger partial charge in [0.1, 0.15) is 0 Å². The highest BCUT2D eigenvalue weighted by molar-refractivity contribution is 6.04. The summed E-state index contributed by atoms with van der Waals surface area (Å²) in [4.78, 5) is 26.6. The summed E-state index contributed by atoms with van der Waals surface area (Å²) < 4.78 is 1.86. The van der Waals surface area contributed by atoms with E-state index >= 15 is 0 Å². The lowest BCUT2D eigenvalue weighted by molar-refractivity contribution is 0.102. The van der Waals surface area contributed by atoms with E-state index in [2.05, 4.69) is 66.5 Å². The van der Waals surface area contributed by atoms with Crippen LogP contribution in [0, 0.1) is 25.7 Å². The molecule has 1 aliphatic rings. The Morgan fingerprint density at radius 1 is 0.976 bits per heavy atom. The van der Waals surface area contributed by atoms with E-state index < -0.39 is 0 Å². The molecule has 9 nitrogen and oxygen atoms in total. The van der Waals surface area contributed by atoms with Gasteiger partial charge in [0, 0.05) is 74.7 Å². The minimum atomic E-state index is -0.166. The molecule has 210 valence electrons. The number of anilines is 3. The molecule has 0 spiro atoms. The number of aromatic nitrogens is 4. The molecule has 0 radical (unpaired) electrons. The third-order valence-electron chi connectivity index (χ3n) is 7.22. The van der Waals surface area contributed by atoms with Gasteiger partial charge in [-0.05, 0) is 63.2 Å². The Balaban J connectivity index is 1.20. The van der Waals surface area contributed by atoms with E-state index in [1.807, 2.05) is 62.0 Å². The van der Waals surface area contributed by atoms with Crippen LogP contribution in [0.15, 0.2) is 61.1 Å². The molecule has 0 atom stereocenters. The van der Waals surface area contributed by atoms with Crippen LogP contribution in [-0.4, -0.2) is 68.7 Å². The second-order valence-corrected chi connectivity index (χ2v) is 10.4. The van der Waals surface area contributed by atoms with Crippen molar-refractivity contribution in [2.45, 2.75) is 33.9 Å². The van der Waals surface area contributed by atoms with E-state index in [-0.39, 0.29) is 5.91 Å². The number of aryl methyl sites for hydroxylation is 3. The molecule has 5 rings (SSSR count). The van der Waals surface area contributed by atoms with Crippen LogP contribution in [-0.2, 0) is 13.1 Å². The fourth-order valence-electron chi connectivity index (χ4n) is 4.58. The first-order valence-electron chi connectivity index (χ1n) is 13.9. The van der Waals surface area contributed by atoms with Crippen LogP contribution in [0.25, 0.3) is 0 Å². The van der Waals surface area contributed by atoms with Gasteiger partial charge in [0.25, 0.3) is 5.91 Å². The number of amides is 1. The van der Waals surface area contributed by atoms with Gasteiger partial charge in [0.05, 0.1) is 16.9 Å². The lowest BCUT2D eigenvalue weighted by atomic mass is 10.0. The van der Waals surface area contributed by atoms with Crippen LogP contribution in [0.1, 0.15) is 45.2 Å². The molecule has 2 aromatic heterocycles. The fourth-order valence-corrected chi connectivity index (χ4v) is 4.58. The number of carbonyl (C=O) groups is 1. The van der Waals surface area contributed by atoms with E-state index in [0.29, 0.717) is 17.1 Å². The first kappa shape index (κ1) is 28.0. The molecule has 0 bridgehead atoms. The maximum Gasteiger partial charge on any atom is 0.255 e. The highest BCUT2D eigenvalue weighted by Gasteiger charge is 2.14. The van der Waals surface area contributed by atoms with Gasteiger partial charge in [-0.2, -0.15) is 5.10 Å². The zero-order valence-corrected chi connectivity index (χ0v) is 24.1. The highest BCUT2D eigenvalue weighted by Crippen LogP contribution is 2.18. The SMILES string of the molecule is CCn1cc(Nc2ncc(C#Cc3cc(C(=O)Nc4ccc(CN5CCN(C)CC5)cc4)ccc3C)cn2)c(C)n1. The average Bonchev–Trinajstić information content (AvgIpc) is 3.34. The molecule has 1 aliphatic heterocycles. The van der Waals surface area contributed by atoms with Gasteiger partial charge in [-0.3, -0.25) is 14.4 Å². The van der Waals surface area contributed by atoms with Gasteiger partial charge in [0.2, 0.25) is 5.95 Å². The van der Waals surface area contributed by atoms with Crippen molar-refractivity contribution in [2.75, 3.05) is 43.9 Å². The molecule has 0 unspecified atom stereocenters. The summed E-state index contributed by atoms with van der Waals surface area (Å²) in [5.74, 6) is 6.61. The van der Waals surface area contributed by atoms with Gasteiger partial charge in [-0.15, -0.1) is 0 Å². The molecule has 1 saturated heterocycles. The summed E-state index contributed by atoms with van der Waals surface area (Å²) >= 11 is 0. The number of benzene rings is 2. The molecule has 9 heteroatoms. The Morgan fingerprint density at radius 3 is 2.39 bits per heavy atom. The van der Waals surface area contributed by atoms with Gasteiger partial charge in [0.15, 0.2) is 0 Å². The van der Waals surface area contributed by atoms with Crippen LogP contribution in [0.3, 0.4) is 0 Å². The van der Waals surface area contributed by atoms with Gasteiger partial charge in [-0.25, -0.2) is 9.97 Å². The summed E-state index contributed by atoms with van der Waals surface area (Å²) in [5.41, 5.74) is 6.79. The average molecular weight is 549 g/mol. The molecular weight excluding hydrogens is 512 g/mol. The Bertz CT molecular complexity index is 1560. The second kappa shape index (κ2) is 12.8. The standard InChI is InChI=1S/C32H36N8O/c1-5-40-22-30(24(3)37-40)36-32-33-19-26(20-34-32)7-11-27-18-28(10-6-23(27)2)31(41)35-29-12-8-25(9-13-29)21-39-16-14-38(4)15-17-39/h6,8-10,12-13,18-20,22H,5,14-17,21H2,1-4H3,(H,35,41)(H,33,34,36). The quantitative estimate of drug-likeness (QED) is 0.330. The minimum Gasteiger partial charge on any atom is -0.322 e. The lowest BCUT2D eigenvalue weighted by Gasteiger charge is -2.32. The molecule has 0 saturated carbocycles. The molecule has 0 aliphatic carbocycles. The number of carbonyl (C=O) groups excluding carboxylic acids is 1. The van der Waals surface area contributed by atoms with Crippen LogP contribution in [0.2, 0.25) is 0 Å². The number of piperazine rings is 1. The van der Waals surface area contributed by atoms with Crippen molar-refractivity contribution in [2.24, 2.45) is 0 Å². The summed E-state index contributed by atoms with van der Waals surface area (Å²) in [6, 6.07) is 13.7. The Hall–Kier alpha value is -4.52. The molecular formula is C32H36N8O. The van der Waals surface area contributed by atoms with Crippen molar-refractivity contribution in [1.29, 1.82) is 0 Å². The van der Waals surface area contributed by atoms with Crippen LogP contribution in [0.4, 0.5) is 17.3 Å². The van der Waals surface area contributed by atoms with E-state index in [1.54, 1.807) is 12.4 Å². The van der Waals surface area contributed by atoms with E-state index in [0.717, 1.165) is 67.5 Å². The Morgan fingerprint density at radius 2 is 1.71 bits per heavy atom. The van der Waals surface area contributed by atoms with Gasteiger partial charge < -0.3 is 15.5 Å². The fraction of sp³-hybridized carbons (Fsp3) is 0.312. The number of hydrogen-bond donors (Lipinski definition) is 2. The molecule has 1 fully saturated rings. The smallest absolute Gasteiger partial charge is 0.255 e. The van der Waals surface area contributed by atoms with Crippen molar-refractivity contribution in [3.63, 3.8) is 0 Å². The normalized spacial score (nSPS) is 13.9. The molecule has 1 amide bonds. The van der Waals surface area contributed by atoms with Crippen molar-refractivity contribution >= 4 is 23.2 Å². The third-order valence-corrected chi connectivity index (χ3v) is 7.22. The van der Waals surface area contributed by atoms with Crippen LogP contribution in [0.5, 0.6) is 0 Å². The Labute approximate surface area is 241 Å². The number of nitrogens with one attached hydrogen (secondary N) is 2. The van der Waals surface area contributed by atoms with Crippen molar-refractivity contribution in [1.82, 2.24) is 29.5 Å². The zero-order valence-electron chi connectivity index (χ0n) is 24.1. The van der Waals surface area contributed by atoms with Crippen molar-refractivity contribution < 1.29 is 4.79 Å². The summed E-state index contributed by atoms with van der Waals surface area (Å²) in [7, 11) is 2.16. The maximum absolute atomic E-state index is 13.0. The molecule has 2 aromatic carbocycles. The highest BCUT2D eigenvalue weighted by atomic mass is 16.1. The van der Waals surface area contributed by atoms with Gasteiger partial charge in [-0.1, -0.05) is 30.0 Å². The summed E-state index contributed by atoms with van der Waals surface area (Å²) in [6.07, 6.45) is 5.30. The predicted molar refractivity (Wildman–Crippen MR) is 162 cm³/mol. The first-order chi connectivity index (χ1) is 19.9. The van der Waals surface area contributed by atoms with E-state index in [4.69, 9.17) is 0 Å². The molecule has 4 aromatic rings. The third kappa shape index (κ3) is 7.37. The van der Waals surface area contributed by atoms with Crippen molar-refractivity contribution in [3.8, 4) is 11.8 Å². The Kier molecular flexibility index (Phi) is 8.73. The first-order valence-corrected chi connectivity index (χ1v) is 13.9. The minimum absolute atomic E-state index is 0.166. The number of hydrogen-bond acceptors (Lipinski definition) is 7. The van der Waals surface area contributed by atoms with Gasteiger partial charge >= 0.3 is 0 Å². The molecule has 41 heavy (non-hydrogen) atoms. The van der Waals surface area contributed by atoms with Crippen LogP contribution < -0.4 is 10.6 Å². The number of rotatable bonds is 7. The van der Waals surface area contributed by atoms with Crippen molar-refractivity contribution in [3.05, 3.63) is 94.6 Å². The second-order valence-electron chi connectivity index (χ2n) is 10.4.